The number of hydrogen-bond donors (Lipinski definition) is 1. The number of hydrogen-bond acceptors (Lipinski definition) is 5. The van der Waals surface area contributed by atoms with E-state index in [0.717, 1.165) is 18.2 Å². The molecule has 10 heteroatoms. The Balaban J connectivity index is 2.38. The lowest BCUT2D eigenvalue weighted by Crippen LogP contribution is -2.32. The van der Waals surface area contributed by atoms with E-state index in [2.05, 4.69) is 0 Å². The minimum absolute atomic E-state index is 0.0205. The van der Waals surface area contributed by atoms with Crippen LogP contribution in [-0.2, 0) is 6.54 Å². The molecule has 1 heterocycles. The average molecular weight is 328 g/mol. The van der Waals surface area contributed by atoms with Crippen molar-refractivity contribution in [1.82, 2.24) is 9.55 Å². The SMILES string of the molecule is O=C(Cn1cc([N+](=O)[O-])c(=O)[nH]c1=O)c1ccc(F)c(Cl)c1. The molecule has 1 aromatic carbocycles. The third kappa shape index (κ3) is 3.09. The van der Waals surface area contributed by atoms with E-state index in [4.69, 9.17) is 11.6 Å². The number of aromatic nitrogens is 2. The maximum Gasteiger partial charge on any atom is 0.350 e. The lowest BCUT2D eigenvalue weighted by Gasteiger charge is -2.05. The van der Waals surface area contributed by atoms with Crippen molar-refractivity contribution < 1.29 is 14.1 Å². The van der Waals surface area contributed by atoms with E-state index in [1.54, 1.807) is 4.98 Å². The molecule has 2 aromatic rings. The van der Waals surface area contributed by atoms with Crippen LogP contribution in [0.3, 0.4) is 0 Å². The number of nitrogens with zero attached hydrogens (tertiary/aromatic N) is 2. The van der Waals surface area contributed by atoms with Crippen LogP contribution in [0.1, 0.15) is 10.4 Å². The maximum absolute atomic E-state index is 13.0. The number of carbonyl (C=O) groups excluding carboxylic acids is 1. The number of Topliss-reactive ketones (excluding diaryl/α,β-unsaturated/α-hetero) is 1. The first-order valence-corrected chi connectivity index (χ1v) is 6.14. The third-order valence-corrected chi connectivity index (χ3v) is 3.03. The summed E-state index contributed by atoms with van der Waals surface area (Å²) in [6.45, 7) is -0.571. The Morgan fingerprint density at radius 1 is 1.41 bits per heavy atom. The Morgan fingerprint density at radius 2 is 2.09 bits per heavy atom. The zero-order chi connectivity index (χ0) is 16.4. The highest BCUT2D eigenvalue weighted by atomic mass is 35.5. The van der Waals surface area contributed by atoms with Crippen LogP contribution in [0.2, 0.25) is 5.02 Å². The first-order chi connectivity index (χ1) is 10.3. The highest BCUT2D eigenvalue weighted by Gasteiger charge is 2.17. The number of halogens is 2. The Kier molecular flexibility index (Phi) is 4.18. The van der Waals surface area contributed by atoms with Gasteiger partial charge in [0.2, 0.25) is 0 Å². The van der Waals surface area contributed by atoms with Crippen molar-refractivity contribution in [3.63, 3.8) is 0 Å². The lowest BCUT2D eigenvalue weighted by atomic mass is 10.1. The third-order valence-electron chi connectivity index (χ3n) is 2.74. The standard InChI is InChI=1S/C12H7ClFN3O5/c13-7-3-6(1-2-8(7)14)10(18)5-16-4-9(17(21)22)11(19)15-12(16)20/h1-4H,5H2,(H,15,19,20). The van der Waals surface area contributed by atoms with Gasteiger partial charge in [0.25, 0.3) is 0 Å². The molecule has 0 saturated carbocycles. The Hall–Kier alpha value is -2.81. The van der Waals surface area contributed by atoms with Crippen LogP contribution in [0.4, 0.5) is 10.1 Å². The topological polar surface area (TPSA) is 115 Å². The van der Waals surface area contributed by atoms with Gasteiger partial charge < -0.3 is 0 Å². The Labute approximate surface area is 125 Å². The molecule has 0 spiro atoms. The summed E-state index contributed by atoms with van der Waals surface area (Å²) in [7, 11) is 0. The van der Waals surface area contributed by atoms with Crippen molar-refractivity contribution in [1.29, 1.82) is 0 Å². The Morgan fingerprint density at radius 3 is 2.68 bits per heavy atom. The molecule has 114 valence electrons. The molecular weight excluding hydrogens is 321 g/mol. The number of H-pyrrole nitrogens is 1. The largest absolute Gasteiger partial charge is 0.350 e. The molecule has 0 saturated heterocycles. The molecule has 1 N–H and O–H groups in total. The number of benzene rings is 1. The van der Waals surface area contributed by atoms with Crippen LogP contribution in [-0.4, -0.2) is 20.3 Å². The number of nitrogens with one attached hydrogen (secondary N) is 1. The predicted molar refractivity (Wildman–Crippen MR) is 73.7 cm³/mol. The van der Waals surface area contributed by atoms with E-state index >= 15 is 0 Å². The summed E-state index contributed by atoms with van der Waals surface area (Å²) in [5.74, 6) is -1.35. The van der Waals surface area contributed by atoms with Crippen molar-refractivity contribution in [2.24, 2.45) is 0 Å². The Bertz CT molecular complexity index is 889. The van der Waals surface area contributed by atoms with Crippen molar-refractivity contribution in [3.05, 3.63) is 71.8 Å². The van der Waals surface area contributed by atoms with Crippen LogP contribution < -0.4 is 11.2 Å². The van der Waals surface area contributed by atoms with Crippen molar-refractivity contribution in [2.75, 3.05) is 0 Å². The van der Waals surface area contributed by atoms with E-state index in [1.807, 2.05) is 0 Å². The van der Waals surface area contributed by atoms with Gasteiger partial charge in [-0.1, -0.05) is 11.6 Å². The summed E-state index contributed by atoms with van der Waals surface area (Å²) in [5.41, 5.74) is -2.99. The predicted octanol–water partition coefficient (Wildman–Crippen LogP) is 1.12. The van der Waals surface area contributed by atoms with E-state index in [0.29, 0.717) is 10.8 Å². The van der Waals surface area contributed by atoms with Crippen molar-refractivity contribution in [3.8, 4) is 0 Å². The van der Waals surface area contributed by atoms with Crippen LogP contribution in [0.15, 0.2) is 34.0 Å². The molecule has 0 atom stereocenters. The highest BCUT2D eigenvalue weighted by Crippen LogP contribution is 2.16. The molecule has 0 amide bonds. The molecule has 22 heavy (non-hydrogen) atoms. The summed E-state index contributed by atoms with van der Waals surface area (Å²) >= 11 is 5.55. The summed E-state index contributed by atoms with van der Waals surface area (Å²) < 4.78 is 13.7. The molecular formula is C12H7ClFN3O5. The summed E-state index contributed by atoms with van der Waals surface area (Å²) in [4.78, 5) is 46.2. The second kappa shape index (κ2) is 5.90. The number of rotatable bonds is 4. The molecule has 2 rings (SSSR count). The van der Waals surface area contributed by atoms with E-state index in [9.17, 15) is 28.9 Å². The molecule has 8 nitrogen and oxygen atoms in total. The molecule has 0 aliphatic carbocycles. The van der Waals surface area contributed by atoms with Gasteiger partial charge in [-0.05, 0) is 18.2 Å². The molecule has 0 radical (unpaired) electrons. The normalized spacial score (nSPS) is 10.5. The average Bonchev–Trinajstić information content (AvgIpc) is 2.44. The molecule has 0 unspecified atom stereocenters. The fourth-order valence-electron chi connectivity index (χ4n) is 1.66. The van der Waals surface area contributed by atoms with E-state index in [-0.39, 0.29) is 10.6 Å². The van der Waals surface area contributed by atoms with Gasteiger partial charge >= 0.3 is 16.9 Å². The smallest absolute Gasteiger partial charge is 0.292 e. The fraction of sp³-hybridized carbons (Fsp3) is 0.0833. The second-order valence-corrected chi connectivity index (χ2v) is 4.62. The zero-order valence-electron chi connectivity index (χ0n) is 10.7. The summed E-state index contributed by atoms with van der Waals surface area (Å²) in [5, 5.41) is 10.4. The van der Waals surface area contributed by atoms with E-state index in [1.165, 1.54) is 0 Å². The van der Waals surface area contributed by atoms with Gasteiger partial charge in [0.05, 0.1) is 22.7 Å². The first-order valence-electron chi connectivity index (χ1n) is 5.76. The molecule has 1 aromatic heterocycles. The van der Waals surface area contributed by atoms with Gasteiger partial charge in [0.1, 0.15) is 5.82 Å². The van der Waals surface area contributed by atoms with Crippen LogP contribution >= 0.6 is 11.6 Å². The lowest BCUT2D eigenvalue weighted by molar-refractivity contribution is -0.386. The molecule has 0 bridgehead atoms. The van der Waals surface area contributed by atoms with Crippen LogP contribution in [0.5, 0.6) is 0 Å². The molecule has 0 aliphatic heterocycles. The van der Waals surface area contributed by atoms with Crippen molar-refractivity contribution in [2.45, 2.75) is 6.54 Å². The van der Waals surface area contributed by atoms with Gasteiger partial charge in [0, 0.05) is 5.56 Å². The summed E-state index contributed by atoms with van der Waals surface area (Å²) in [6.07, 6.45) is 0.671. The monoisotopic (exact) mass is 327 g/mol. The fourth-order valence-corrected chi connectivity index (χ4v) is 1.84. The number of aromatic amines is 1. The quantitative estimate of drug-likeness (QED) is 0.513. The van der Waals surface area contributed by atoms with Crippen LogP contribution in [0.25, 0.3) is 0 Å². The zero-order valence-corrected chi connectivity index (χ0v) is 11.5. The minimum atomic E-state index is -1.16. The van der Waals surface area contributed by atoms with E-state index < -0.39 is 40.0 Å². The number of carbonyl (C=O) groups is 1. The van der Waals surface area contributed by atoms with Gasteiger partial charge in [-0.15, -0.1) is 0 Å². The van der Waals surface area contributed by atoms with Gasteiger partial charge in [0.15, 0.2) is 5.78 Å². The van der Waals surface area contributed by atoms with Gasteiger partial charge in [-0.25, -0.2) is 9.18 Å². The molecule has 0 aliphatic rings. The second-order valence-electron chi connectivity index (χ2n) is 4.21. The number of nitro groups is 1. The number of ketones is 1. The van der Waals surface area contributed by atoms with Gasteiger partial charge in [-0.3, -0.25) is 29.3 Å². The maximum atomic E-state index is 13.0. The molecule has 0 fully saturated rings. The highest BCUT2D eigenvalue weighted by molar-refractivity contribution is 6.31. The van der Waals surface area contributed by atoms with Crippen molar-refractivity contribution >= 4 is 23.1 Å². The first kappa shape index (κ1) is 15.6. The minimum Gasteiger partial charge on any atom is -0.292 e. The summed E-state index contributed by atoms with van der Waals surface area (Å²) in [6, 6.07) is 3.21. The van der Waals surface area contributed by atoms with Crippen LogP contribution in [0, 0.1) is 15.9 Å². The van der Waals surface area contributed by atoms with Gasteiger partial charge in [-0.2, -0.15) is 0 Å².